The molecule has 0 amide bonds. The van der Waals surface area contributed by atoms with Crippen LogP contribution in [0.25, 0.3) is 0 Å². The summed E-state index contributed by atoms with van der Waals surface area (Å²) in [6, 6.07) is 7.93. The van der Waals surface area contributed by atoms with Crippen molar-refractivity contribution in [1.82, 2.24) is 9.88 Å². The Morgan fingerprint density at radius 2 is 2.25 bits per heavy atom. The molecular formula is C13H15N3. The van der Waals surface area contributed by atoms with E-state index >= 15 is 0 Å². The molecule has 0 saturated heterocycles. The van der Waals surface area contributed by atoms with Gasteiger partial charge in [-0.15, -0.1) is 0 Å². The predicted molar refractivity (Wildman–Crippen MR) is 64.4 cm³/mol. The van der Waals surface area contributed by atoms with Gasteiger partial charge in [-0.05, 0) is 31.2 Å². The average Bonchev–Trinajstić information content (AvgIpc) is 2.32. The van der Waals surface area contributed by atoms with Gasteiger partial charge in [0.05, 0.1) is 11.6 Å². The molecule has 0 atom stereocenters. The maximum Gasteiger partial charge on any atom is 0.0989 e. The molecule has 0 saturated carbocycles. The largest absolute Gasteiger partial charge is 0.377 e. The lowest BCUT2D eigenvalue weighted by Gasteiger charge is -2.13. The Hall–Kier alpha value is -2.08. The smallest absolute Gasteiger partial charge is 0.0989 e. The number of likely N-dealkylation sites (N-methyl/N-ethyl adjacent to an activating group) is 1. The fourth-order valence-electron chi connectivity index (χ4n) is 1.11. The number of allylic oxidation sites excluding steroid dienone is 2. The second kappa shape index (κ2) is 6.41. The van der Waals surface area contributed by atoms with Crippen molar-refractivity contribution in [3.05, 3.63) is 54.0 Å². The summed E-state index contributed by atoms with van der Waals surface area (Å²) in [5.74, 6) is 0. The second-order valence-corrected chi connectivity index (χ2v) is 3.50. The minimum Gasteiger partial charge on any atom is -0.377 e. The molecule has 0 aromatic carbocycles. The highest BCUT2D eigenvalue weighted by Crippen LogP contribution is 2.02. The fraction of sp³-hybridized carbons (Fsp3) is 0.231. The van der Waals surface area contributed by atoms with E-state index < -0.39 is 0 Å². The van der Waals surface area contributed by atoms with Crippen LogP contribution in [0.5, 0.6) is 0 Å². The third kappa shape index (κ3) is 4.43. The van der Waals surface area contributed by atoms with Crippen molar-refractivity contribution in [2.75, 3.05) is 13.6 Å². The number of rotatable bonds is 0. The van der Waals surface area contributed by atoms with E-state index in [-0.39, 0.29) is 0 Å². The molecule has 1 aromatic rings. The first-order chi connectivity index (χ1) is 7.72. The summed E-state index contributed by atoms with van der Waals surface area (Å²) >= 11 is 0. The summed E-state index contributed by atoms with van der Waals surface area (Å²) in [4.78, 5) is 5.99. The molecule has 0 N–H and O–H groups in total. The standard InChI is InChI=1S/C7H8N2.C6H7N/c1-9-4-2-7(6-8)3-5-9;1-6-4-2-3-5-7-6/h2-4H,5H2,1H3;2-5H,1H3. The van der Waals surface area contributed by atoms with Crippen molar-refractivity contribution < 1.29 is 0 Å². The van der Waals surface area contributed by atoms with E-state index in [1.807, 2.05) is 55.4 Å². The van der Waals surface area contributed by atoms with Crippen LogP contribution in [-0.2, 0) is 0 Å². The van der Waals surface area contributed by atoms with Crippen molar-refractivity contribution in [3.63, 3.8) is 0 Å². The Morgan fingerprint density at radius 3 is 2.62 bits per heavy atom. The number of aromatic nitrogens is 1. The molecule has 0 spiro atoms. The van der Waals surface area contributed by atoms with Crippen molar-refractivity contribution in [1.29, 1.82) is 5.26 Å². The van der Waals surface area contributed by atoms with Crippen LogP contribution in [0.3, 0.4) is 0 Å². The molecule has 3 nitrogen and oxygen atoms in total. The van der Waals surface area contributed by atoms with Crippen LogP contribution in [0.1, 0.15) is 5.69 Å². The van der Waals surface area contributed by atoms with Crippen molar-refractivity contribution in [2.24, 2.45) is 0 Å². The second-order valence-electron chi connectivity index (χ2n) is 3.50. The Balaban J connectivity index is 0.000000165. The maximum absolute atomic E-state index is 8.39. The Bertz CT molecular complexity index is 413. The Morgan fingerprint density at radius 1 is 1.44 bits per heavy atom. The topological polar surface area (TPSA) is 39.9 Å². The molecule has 0 unspecified atom stereocenters. The molecule has 3 heteroatoms. The lowest BCUT2D eigenvalue weighted by molar-refractivity contribution is 0.503. The first-order valence-corrected chi connectivity index (χ1v) is 5.08. The Labute approximate surface area is 96.3 Å². The monoisotopic (exact) mass is 213 g/mol. The van der Waals surface area contributed by atoms with Gasteiger partial charge in [-0.1, -0.05) is 6.07 Å². The highest BCUT2D eigenvalue weighted by molar-refractivity contribution is 5.34. The van der Waals surface area contributed by atoms with Gasteiger partial charge in [-0.2, -0.15) is 5.26 Å². The van der Waals surface area contributed by atoms with Crippen LogP contribution < -0.4 is 0 Å². The third-order valence-corrected chi connectivity index (χ3v) is 2.05. The van der Waals surface area contributed by atoms with E-state index in [0.717, 1.165) is 17.8 Å². The van der Waals surface area contributed by atoms with Crippen LogP contribution in [0, 0.1) is 18.3 Å². The predicted octanol–water partition coefficient (Wildman–Crippen LogP) is 2.29. The summed E-state index contributed by atoms with van der Waals surface area (Å²) in [6.45, 7) is 2.82. The lowest BCUT2D eigenvalue weighted by atomic mass is 10.2. The number of nitriles is 1. The zero-order valence-electron chi connectivity index (χ0n) is 9.59. The van der Waals surface area contributed by atoms with E-state index in [1.165, 1.54) is 0 Å². The van der Waals surface area contributed by atoms with Crippen LogP contribution in [0.2, 0.25) is 0 Å². The van der Waals surface area contributed by atoms with Gasteiger partial charge < -0.3 is 4.90 Å². The minimum absolute atomic E-state index is 0.758. The summed E-state index contributed by atoms with van der Waals surface area (Å²) in [6.07, 6.45) is 7.40. The first kappa shape index (κ1) is 12.0. The van der Waals surface area contributed by atoms with E-state index in [9.17, 15) is 0 Å². The molecule has 0 aliphatic carbocycles. The summed E-state index contributed by atoms with van der Waals surface area (Å²) in [5, 5.41) is 8.39. The van der Waals surface area contributed by atoms with Gasteiger partial charge in [0.2, 0.25) is 0 Å². The van der Waals surface area contributed by atoms with Crippen molar-refractivity contribution >= 4 is 0 Å². The minimum atomic E-state index is 0.758. The summed E-state index contributed by atoms with van der Waals surface area (Å²) in [5.41, 5.74) is 1.83. The van der Waals surface area contributed by atoms with Gasteiger partial charge in [-0.3, -0.25) is 4.98 Å². The maximum atomic E-state index is 8.39. The molecule has 0 radical (unpaired) electrons. The molecule has 82 valence electrons. The molecular weight excluding hydrogens is 198 g/mol. The fourth-order valence-corrected chi connectivity index (χ4v) is 1.11. The van der Waals surface area contributed by atoms with Gasteiger partial charge in [0, 0.05) is 31.7 Å². The van der Waals surface area contributed by atoms with Crippen molar-refractivity contribution in [2.45, 2.75) is 6.92 Å². The summed E-state index contributed by atoms with van der Waals surface area (Å²) < 4.78 is 0. The number of hydrogen-bond donors (Lipinski definition) is 0. The van der Waals surface area contributed by atoms with Gasteiger partial charge in [-0.25, -0.2) is 0 Å². The van der Waals surface area contributed by atoms with Crippen LogP contribution in [0.4, 0.5) is 0 Å². The van der Waals surface area contributed by atoms with E-state index in [4.69, 9.17) is 5.26 Å². The van der Waals surface area contributed by atoms with E-state index in [2.05, 4.69) is 11.1 Å². The molecule has 16 heavy (non-hydrogen) atoms. The lowest BCUT2D eigenvalue weighted by Crippen LogP contribution is -2.12. The quantitative estimate of drug-likeness (QED) is 0.663. The zero-order valence-corrected chi connectivity index (χ0v) is 9.59. The number of aryl methyl sites for hydroxylation is 1. The Kier molecular flexibility index (Phi) is 4.81. The SMILES string of the molecule is CN1C=CC(C#N)=CC1.Cc1ccccn1. The van der Waals surface area contributed by atoms with Gasteiger partial charge in [0.1, 0.15) is 0 Å². The van der Waals surface area contributed by atoms with Gasteiger partial charge >= 0.3 is 0 Å². The normalized spacial score (nSPS) is 13.3. The molecule has 1 aliphatic heterocycles. The molecule has 1 aromatic heterocycles. The number of pyridine rings is 1. The van der Waals surface area contributed by atoms with Crippen LogP contribution in [0.15, 0.2) is 48.3 Å². The number of hydrogen-bond acceptors (Lipinski definition) is 3. The highest BCUT2D eigenvalue weighted by atomic mass is 15.1. The molecule has 2 heterocycles. The molecule has 0 fully saturated rings. The average molecular weight is 213 g/mol. The van der Waals surface area contributed by atoms with Crippen LogP contribution in [-0.4, -0.2) is 23.5 Å². The third-order valence-electron chi connectivity index (χ3n) is 2.05. The molecule has 0 bridgehead atoms. The number of nitrogens with zero attached hydrogens (tertiary/aromatic N) is 3. The van der Waals surface area contributed by atoms with Crippen LogP contribution >= 0.6 is 0 Å². The van der Waals surface area contributed by atoms with Gasteiger partial charge in [0.25, 0.3) is 0 Å². The zero-order chi connectivity index (χ0) is 11.8. The summed E-state index contributed by atoms with van der Waals surface area (Å²) in [7, 11) is 1.97. The highest BCUT2D eigenvalue weighted by Gasteiger charge is 1.96. The van der Waals surface area contributed by atoms with Gasteiger partial charge in [0.15, 0.2) is 0 Å². The molecule has 2 rings (SSSR count). The van der Waals surface area contributed by atoms with Crippen molar-refractivity contribution in [3.8, 4) is 6.07 Å². The molecule has 1 aliphatic rings. The van der Waals surface area contributed by atoms with E-state index in [0.29, 0.717) is 0 Å². The van der Waals surface area contributed by atoms with E-state index in [1.54, 1.807) is 6.20 Å². The first-order valence-electron chi connectivity index (χ1n) is 5.08.